The third-order valence-corrected chi connectivity index (χ3v) is 3.99. The van der Waals surface area contributed by atoms with E-state index in [1.165, 1.54) is 10.6 Å². The van der Waals surface area contributed by atoms with Crippen molar-refractivity contribution in [3.8, 4) is 11.5 Å². The highest BCUT2D eigenvalue weighted by atomic mass is 16.5. The number of rotatable bonds is 3. The van der Waals surface area contributed by atoms with E-state index in [0.29, 0.717) is 24.5 Å². The maximum absolute atomic E-state index is 12.3. The van der Waals surface area contributed by atoms with Crippen molar-refractivity contribution in [2.75, 3.05) is 13.2 Å². The molecule has 1 N–H and O–H groups in total. The second-order valence-electron chi connectivity index (χ2n) is 5.82. The number of amides is 1. The molecule has 0 saturated carbocycles. The summed E-state index contributed by atoms with van der Waals surface area (Å²) in [5, 5.41) is 2.90. The zero-order chi connectivity index (χ0) is 17.1. The molecule has 0 bridgehead atoms. The number of carbonyl (C=O) groups is 1. The topological polar surface area (TPSA) is 69.6 Å². The van der Waals surface area contributed by atoms with Gasteiger partial charge in [-0.1, -0.05) is 6.07 Å². The molecule has 1 aromatic carbocycles. The summed E-state index contributed by atoms with van der Waals surface area (Å²) < 4.78 is 12.7. The fourth-order valence-corrected chi connectivity index (χ4v) is 2.50. The number of hydrogen-bond acceptors (Lipinski definition) is 4. The van der Waals surface area contributed by atoms with E-state index in [4.69, 9.17) is 9.47 Å². The Balaban J connectivity index is 1.75. The van der Waals surface area contributed by atoms with E-state index in [1.807, 2.05) is 25.1 Å². The summed E-state index contributed by atoms with van der Waals surface area (Å²) in [4.78, 5) is 24.0. The summed E-state index contributed by atoms with van der Waals surface area (Å²) in [6, 6.07) is 8.38. The number of aromatic nitrogens is 1. The van der Waals surface area contributed by atoms with E-state index < -0.39 is 0 Å². The van der Waals surface area contributed by atoms with E-state index in [9.17, 15) is 9.59 Å². The van der Waals surface area contributed by atoms with Crippen LogP contribution in [0.25, 0.3) is 0 Å². The number of fused-ring (bicyclic) bond motifs is 1. The minimum Gasteiger partial charge on any atom is -0.490 e. The van der Waals surface area contributed by atoms with E-state index >= 15 is 0 Å². The zero-order valence-corrected chi connectivity index (χ0v) is 13.7. The first-order chi connectivity index (χ1) is 11.5. The summed E-state index contributed by atoms with van der Waals surface area (Å²) in [7, 11) is 1.64. The summed E-state index contributed by atoms with van der Waals surface area (Å²) in [5.41, 5.74) is 1.04. The Bertz CT molecular complexity index is 813. The molecule has 1 atom stereocenters. The largest absolute Gasteiger partial charge is 0.490 e. The average molecular weight is 328 g/mol. The molecule has 24 heavy (non-hydrogen) atoms. The molecule has 1 aliphatic rings. The van der Waals surface area contributed by atoms with Gasteiger partial charge in [0, 0.05) is 31.3 Å². The van der Waals surface area contributed by atoms with Gasteiger partial charge >= 0.3 is 0 Å². The molecule has 1 aromatic heterocycles. The first kappa shape index (κ1) is 16.1. The molecule has 1 amide bonds. The van der Waals surface area contributed by atoms with Crippen LogP contribution in [-0.4, -0.2) is 23.7 Å². The maximum atomic E-state index is 12.3. The van der Waals surface area contributed by atoms with Crippen LogP contribution >= 0.6 is 0 Å². The fraction of sp³-hybridized carbons (Fsp3) is 0.333. The SMILES string of the molecule is CC(NC(=O)c1ccn(C)c(=O)c1)c1ccc2c(c1)OCCCO2. The molecule has 0 saturated heterocycles. The van der Waals surface area contributed by atoms with Gasteiger partial charge in [-0.3, -0.25) is 9.59 Å². The van der Waals surface area contributed by atoms with Gasteiger partial charge in [-0.2, -0.15) is 0 Å². The van der Waals surface area contributed by atoms with Crippen molar-refractivity contribution in [3.63, 3.8) is 0 Å². The summed E-state index contributed by atoms with van der Waals surface area (Å²) in [6.07, 6.45) is 2.43. The van der Waals surface area contributed by atoms with Crippen molar-refractivity contribution in [1.82, 2.24) is 9.88 Å². The monoisotopic (exact) mass is 328 g/mol. The molecule has 0 radical (unpaired) electrons. The lowest BCUT2D eigenvalue weighted by molar-refractivity contribution is 0.0939. The predicted molar refractivity (Wildman–Crippen MR) is 89.6 cm³/mol. The molecular weight excluding hydrogens is 308 g/mol. The minimum absolute atomic E-state index is 0.217. The van der Waals surface area contributed by atoms with E-state index in [1.54, 1.807) is 19.3 Å². The summed E-state index contributed by atoms with van der Waals surface area (Å²) >= 11 is 0. The van der Waals surface area contributed by atoms with Gasteiger partial charge in [0.2, 0.25) is 0 Å². The molecule has 2 aromatic rings. The molecule has 1 aliphatic heterocycles. The number of aryl methyl sites for hydroxylation is 1. The van der Waals surface area contributed by atoms with Crippen LogP contribution in [0.4, 0.5) is 0 Å². The minimum atomic E-state index is -0.285. The Hall–Kier alpha value is -2.76. The van der Waals surface area contributed by atoms with Gasteiger partial charge in [0.25, 0.3) is 11.5 Å². The third kappa shape index (κ3) is 3.42. The molecule has 0 fully saturated rings. The van der Waals surface area contributed by atoms with Crippen LogP contribution < -0.4 is 20.3 Å². The van der Waals surface area contributed by atoms with Crippen molar-refractivity contribution in [2.24, 2.45) is 7.05 Å². The van der Waals surface area contributed by atoms with Crippen molar-refractivity contribution in [3.05, 3.63) is 58.0 Å². The molecule has 126 valence electrons. The van der Waals surface area contributed by atoms with Gasteiger partial charge in [0.05, 0.1) is 19.3 Å². The average Bonchev–Trinajstić information content (AvgIpc) is 2.81. The quantitative estimate of drug-likeness (QED) is 0.936. The Labute approximate surface area is 140 Å². The van der Waals surface area contributed by atoms with E-state index in [0.717, 1.165) is 17.7 Å². The van der Waals surface area contributed by atoms with Gasteiger partial charge < -0.3 is 19.4 Å². The predicted octanol–water partition coefficient (Wildman–Crippen LogP) is 2.04. The van der Waals surface area contributed by atoms with E-state index in [-0.39, 0.29) is 17.5 Å². The number of nitrogens with zero attached hydrogens (tertiary/aromatic N) is 1. The van der Waals surface area contributed by atoms with Crippen LogP contribution in [0.2, 0.25) is 0 Å². The standard InChI is InChI=1S/C18H20N2O4/c1-12(19-18(22)14-6-7-20(2)17(21)11-14)13-4-5-15-16(10-13)24-9-3-8-23-15/h4-7,10-12H,3,8-9H2,1-2H3,(H,19,22). The number of benzene rings is 1. The van der Waals surface area contributed by atoms with Crippen LogP contribution in [0.3, 0.4) is 0 Å². The molecule has 1 unspecified atom stereocenters. The lowest BCUT2D eigenvalue weighted by Crippen LogP contribution is -2.28. The molecule has 3 rings (SSSR count). The van der Waals surface area contributed by atoms with Gasteiger partial charge in [-0.25, -0.2) is 0 Å². The number of pyridine rings is 1. The Morgan fingerprint density at radius 3 is 2.67 bits per heavy atom. The molecular formula is C18H20N2O4. The van der Waals surface area contributed by atoms with E-state index in [2.05, 4.69) is 5.32 Å². The first-order valence-electron chi connectivity index (χ1n) is 7.91. The molecule has 0 spiro atoms. The summed E-state index contributed by atoms with van der Waals surface area (Å²) in [6.45, 7) is 3.14. The lowest BCUT2D eigenvalue weighted by Gasteiger charge is -2.16. The summed E-state index contributed by atoms with van der Waals surface area (Å²) in [5.74, 6) is 1.13. The van der Waals surface area contributed by atoms with Crippen molar-refractivity contribution in [1.29, 1.82) is 0 Å². The fourth-order valence-electron chi connectivity index (χ4n) is 2.50. The van der Waals surface area contributed by atoms with Crippen LogP contribution in [0.5, 0.6) is 11.5 Å². The second kappa shape index (κ2) is 6.78. The van der Waals surface area contributed by atoms with Gasteiger partial charge in [0.1, 0.15) is 0 Å². The highest BCUT2D eigenvalue weighted by molar-refractivity contribution is 5.94. The Morgan fingerprint density at radius 1 is 1.17 bits per heavy atom. The number of carbonyl (C=O) groups excluding carboxylic acids is 1. The van der Waals surface area contributed by atoms with Crippen LogP contribution in [-0.2, 0) is 7.05 Å². The number of nitrogens with one attached hydrogen (secondary N) is 1. The molecule has 6 heteroatoms. The molecule has 6 nitrogen and oxygen atoms in total. The van der Waals surface area contributed by atoms with Crippen LogP contribution in [0, 0.1) is 0 Å². The maximum Gasteiger partial charge on any atom is 0.252 e. The number of hydrogen-bond donors (Lipinski definition) is 1. The van der Waals surface area contributed by atoms with Crippen LogP contribution in [0.1, 0.15) is 35.3 Å². The van der Waals surface area contributed by atoms with Crippen molar-refractivity contribution >= 4 is 5.91 Å². The lowest BCUT2D eigenvalue weighted by atomic mass is 10.1. The van der Waals surface area contributed by atoms with Crippen LogP contribution in [0.15, 0.2) is 41.3 Å². The highest BCUT2D eigenvalue weighted by Gasteiger charge is 2.16. The Morgan fingerprint density at radius 2 is 1.92 bits per heavy atom. The molecule has 2 heterocycles. The smallest absolute Gasteiger partial charge is 0.252 e. The van der Waals surface area contributed by atoms with Crippen molar-refractivity contribution < 1.29 is 14.3 Å². The number of ether oxygens (including phenoxy) is 2. The first-order valence-corrected chi connectivity index (χ1v) is 7.91. The highest BCUT2D eigenvalue weighted by Crippen LogP contribution is 2.32. The van der Waals surface area contributed by atoms with Crippen molar-refractivity contribution in [2.45, 2.75) is 19.4 Å². The van der Waals surface area contributed by atoms with Gasteiger partial charge in [-0.05, 0) is 30.7 Å². The van der Waals surface area contributed by atoms with Gasteiger partial charge in [-0.15, -0.1) is 0 Å². The Kier molecular flexibility index (Phi) is 4.55. The second-order valence-corrected chi connectivity index (χ2v) is 5.82. The third-order valence-electron chi connectivity index (χ3n) is 3.99. The van der Waals surface area contributed by atoms with Gasteiger partial charge in [0.15, 0.2) is 11.5 Å². The normalized spacial score (nSPS) is 14.6. The zero-order valence-electron chi connectivity index (χ0n) is 13.7. The molecule has 0 aliphatic carbocycles.